The highest BCUT2D eigenvalue weighted by molar-refractivity contribution is 5.93. The quantitative estimate of drug-likeness (QED) is 0.830. The zero-order valence-electron chi connectivity index (χ0n) is 10.0. The molecule has 0 unspecified atom stereocenters. The third-order valence-electron chi connectivity index (χ3n) is 2.36. The van der Waals surface area contributed by atoms with Gasteiger partial charge in [-0.15, -0.1) is 0 Å². The lowest BCUT2D eigenvalue weighted by Crippen LogP contribution is -2.00. The number of benzene rings is 1. The number of H-pyrrole nitrogens is 1. The van der Waals surface area contributed by atoms with Crippen molar-refractivity contribution in [2.45, 2.75) is 13.5 Å². The number of hydrogen-bond donors (Lipinski definition) is 1. The highest BCUT2D eigenvalue weighted by Crippen LogP contribution is 2.15. The molecular formula is C12H12N2O4. The highest BCUT2D eigenvalue weighted by Gasteiger charge is 2.09. The number of aromatic amines is 1. The summed E-state index contributed by atoms with van der Waals surface area (Å²) < 4.78 is 9.46. The van der Waals surface area contributed by atoms with Crippen molar-refractivity contribution in [3.05, 3.63) is 29.6 Å². The molecule has 0 aliphatic heterocycles. The molecule has 0 saturated carbocycles. The van der Waals surface area contributed by atoms with Crippen molar-refractivity contribution in [1.29, 1.82) is 0 Å². The Morgan fingerprint density at radius 2 is 2.17 bits per heavy atom. The average Bonchev–Trinajstić information content (AvgIpc) is 2.77. The van der Waals surface area contributed by atoms with Crippen LogP contribution in [0.5, 0.6) is 0 Å². The predicted molar refractivity (Wildman–Crippen MR) is 62.9 cm³/mol. The lowest BCUT2D eigenvalue weighted by Gasteiger charge is -1.97. The zero-order chi connectivity index (χ0) is 13.1. The molecule has 0 spiro atoms. The lowest BCUT2D eigenvalue weighted by atomic mass is 10.2. The number of aromatic nitrogens is 2. The second-order valence-electron chi connectivity index (χ2n) is 3.69. The minimum atomic E-state index is -0.409. The van der Waals surface area contributed by atoms with E-state index in [9.17, 15) is 9.59 Å². The first kappa shape index (κ1) is 12.1. The summed E-state index contributed by atoms with van der Waals surface area (Å²) in [7, 11) is 1.33. The zero-order valence-corrected chi connectivity index (χ0v) is 10.0. The number of hydrogen-bond acceptors (Lipinski definition) is 5. The van der Waals surface area contributed by atoms with Crippen molar-refractivity contribution in [3.63, 3.8) is 0 Å². The van der Waals surface area contributed by atoms with Crippen LogP contribution in [0.1, 0.15) is 23.1 Å². The summed E-state index contributed by atoms with van der Waals surface area (Å²) in [4.78, 5) is 29.2. The van der Waals surface area contributed by atoms with Crippen LogP contribution in [-0.4, -0.2) is 29.0 Å². The van der Waals surface area contributed by atoms with Gasteiger partial charge in [0.15, 0.2) is 0 Å². The number of ether oxygens (including phenoxy) is 2. The van der Waals surface area contributed by atoms with Crippen LogP contribution in [0.4, 0.5) is 0 Å². The third kappa shape index (κ3) is 2.48. The molecule has 18 heavy (non-hydrogen) atoms. The summed E-state index contributed by atoms with van der Waals surface area (Å²) in [6, 6.07) is 4.98. The van der Waals surface area contributed by atoms with Crippen LogP contribution in [0.15, 0.2) is 18.2 Å². The van der Waals surface area contributed by atoms with E-state index in [1.165, 1.54) is 14.0 Å². The van der Waals surface area contributed by atoms with E-state index in [0.717, 1.165) is 0 Å². The maximum absolute atomic E-state index is 11.4. The SMILES string of the molecule is COC(=O)c1ccc2nc(COC(C)=O)[nH]c2c1. The Balaban J connectivity index is 2.28. The van der Waals surface area contributed by atoms with Gasteiger partial charge in [-0.25, -0.2) is 9.78 Å². The van der Waals surface area contributed by atoms with Crippen LogP contribution in [0.3, 0.4) is 0 Å². The molecule has 1 heterocycles. The van der Waals surface area contributed by atoms with E-state index in [1.54, 1.807) is 18.2 Å². The number of carbonyl (C=O) groups is 2. The van der Waals surface area contributed by atoms with E-state index in [0.29, 0.717) is 22.4 Å². The summed E-state index contributed by atoms with van der Waals surface area (Å²) in [6.07, 6.45) is 0. The molecule has 0 atom stereocenters. The molecule has 94 valence electrons. The Bertz CT molecular complexity index is 603. The standard InChI is InChI=1S/C12H12N2O4/c1-7(15)18-6-11-13-9-4-3-8(12(16)17-2)5-10(9)14-11/h3-5H,6H2,1-2H3,(H,13,14). The number of esters is 2. The van der Waals surface area contributed by atoms with Gasteiger partial charge in [-0.05, 0) is 18.2 Å². The normalized spacial score (nSPS) is 10.3. The van der Waals surface area contributed by atoms with Crippen molar-refractivity contribution in [3.8, 4) is 0 Å². The molecule has 1 aromatic heterocycles. The first-order valence-corrected chi connectivity index (χ1v) is 5.30. The van der Waals surface area contributed by atoms with E-state index < -0.39 is 5.97 Å². The second-order valence-corrected chi connectivity index (χ2v) is 3.69. The van der Waals surface area contributed by atoms with Gasteiger partial charge in [-0.3, -0.25) is 4.79 Å². The smallest absolute Gasteiger partial charge is 0.337 e. The van der Waals surface area contributed by atoms with Crippen molar-refractivity contribution >= 4 is 23.0 Å². The van der Waals surface area contributed by atoms with Crippen molar-refractivity contribution < 1.29 is 19.1 Å². The summed E-state index contributed by atoms with van der Waals surface area (Å²) in [6.45, 7) is 1.41. The van der Waals surface area contributed by atoms with Crippen molar-refractivity contribution in [1.82, 2.24) is 9.97 Å². The van der Waals surface area contributed by atoms with Crippen LogP contribution < -0.4 is 0 Å². The highest BCUT2D eigenvalue weighted by atomic mass is 16.5. The topological polar surface area (TPSA) is 81.3 Å². The predicted octanol–water partition coefficient (Wildman–Crippen LogP) is 1.41. The van der Waals surface area contributed by atoms with Gasteiger partial charge < -0.3 is 14.5 Å². The Hall–Kier alpha value is -2.37. The van der Waals surface area contributed by atoms with Crippen LogP contribution in [0, 0.1) is 0 Å². The van der Waals surface area contributed by atoms with Gasteiger partial charge in [0.05, 0.1) is 23.7 Å². The van der Waals surface area contributed by atoms with Gasteiger partial charge in [-0.1, -0.05) is 0 Å². The van der Waals surface area contributed by atoms with E-state index in [-0.39, 0.29) is 12.6 Å². The molecule has 0 amide bonds. The van der Waals surface area contributed by atoms with Gasteiger partial charge in [-0.2, -0.15) is 0 Å². The van der Waals surface area contributed by atoms with E-state index in [2.05, 4.69) is 14.7 Å². The maximum atomic E-state index is 11.4. The number of nitrogens with one attached hydrogen (secondary N) is 1. The third-order valence-corrected chi connectivity index (χ3v) is 2.36. The number of nitrogens with zero attached hydrogens (tertiary/aromatic N) is 1. The molecule has 0 radical (unpaired) electrons. The lowest BCUT2D eigenvalue weighted by molar-refractivity contribution is -0.142. The first-order valence-electron chi connectivity index (χ1n) is 5.30. The largest absolute Gasteiger partial charge is 0.465 e. The minimum absolute atomic E-state index is 0.0809. The van der Waals surface area contributed by atoms with E-state index in [4.69, 9.17) is 4.74 Å². The van der Waals surface area contributed by atoms with Crippen molar-refractivity contribution in [2.24, 2.45) is 0 Å². The molecule has 0 bridgehead atoms. The fraction of sp³-hybridized carbons (Fsp3) is 0.250. The van der Waals surface area contributed by atoms with Crippen LogP contribution in [-0.2, 0) is 20.9 Å². The molecule has 6 nitrogen and oxygen atoms in total. The fourth-order valence-electron chi connectivity index (χ4n) is 1.55. The Morgan fingerprint density at radius 1 is 1.39 bits per heavy atom. The number of methoxy groups -OCH3 is 1. The van der Waals surface area contributed by atoms with Crippen molar-refractivity contribution in [2.75, 3.05) is 7.11 Å². The molecule has 0 aliphatic carbocycles. The van der Waals surface area contributed by atoms with Crippen LogP contribution in [0.25, 0.3) is 11.0 Å². The molecular weight excluding hydrogens is 236 g/mol. The number of imidazole rings is 1. The molecule has 2 rings (SSSR count). The number of fused-ring (bicyclic) bond motifs is 1. The fourth-order valence-corrected chi connectivity index (χ4v) is 1.55. The molecule has 6 heteroatoms. The summed E-state index contributed by atoms with van der Waals surface area (Å²) in [5, 5.41) is 0. The molecule has 0 fully saturated rings. The van der Waals surface area contributed by atoms with Crippen LogP contribution in [0.2, 0.25) is 0 Å². The minimum Gasteiger partial charge on any atom is -0.465 e. The van der Waals surface area contributed by atoms with Crippen LogP contribution >= 0.6 is 0 Å². The Kier molecular flexibility index (Phi) is 3.27. The monoisotopic (exact) mass is 248 g/mol. The van der Waals surface area contributed by atoms with Gasteiger partial charge >= 0.3 is 11.9 Å². The second kappa shape index (κ2) is 4.87. The molecule has 2 aromatic rings. The van der Waals surface area contributed by atoms with E-state index >= 15 is 0 Å². The Morgan fingerprint density at radius 3 is 2.83 bits per heavy atom. The molecule has 0 aliphatic rings. The molecule has 0 saturated heterocycles. The maximum Gasteiger partial charge on any atom is 0.337 e. The summed E-state index contributed by atoms with van der Waals surface area (Å²) in [5.74, 6) is -0.249. The van der Waals surface area contributed by atoms with Gasteiger partial charge in [0.2, 0.25) is 0 Å². The van der Waals surface area contributed by atoms with Gasteiger partial charge in [0, 0.05) is 6.92 Å². The summed E-state index contributed by atoms with van der Waals surface area (Å²) >= 11 is 0. The summed E-state index contributed by atoms with van der Waals surface area (Å²) in [5.41, 5.74) is 1.83. The molecule has 1 N–H and O–H groups in total. The van der Waals surface area contributed by atoms with E-state index in [1.807, 2.05) is 0 Å². The number of rotatable bonds is 3. The Labute approximate surface area is 103 Å². The first-order chi connectivity index (χ1) is 8.60. The average molecular weight is 248 g/mol. The number of carbonyl (C=O) groups excluding carboxylic acids is 2. The van der Waals surface area contributed by atoms with Gasteiger partial charge in [0.1, 0.15) is 12.4 Å². The van der Waals surface area contributed by atoms with Gasteiger partial charge in [0.25, 0.3) is 0 Å². The molecule has 1 aromatic carbocycles.